The summed E-state index contributed by atoms with van der Waals surface area (Å²) >= 11 is 0. The number of hydrogen-bond acceptors (Lipinski definition) is 3. The SMILES string of the molecule is C[C@H]1C=C[C@@]2(OC1)O[C@H]1C[C@H]3[C@@H]4CC[C@@H]5C[C@@H](O)CC[C@]5(C)[C@H]4CC[C@]3(C)[C@H]1[C@@H]2C. The number of hydrogen-bond donors (Lipinski definition) is 1. The summed E-state index contributed by atoms with van der Waals surface area (Å²) in [4.78, 5) is 0. The molecule has 3 nitrogen and oxygen atoms in total. The minimum Gasteiger partial charge on any atom is -0.393 e. The van der Waals surface area contributed by atoms with Crippen molar-refractivity contribution in [2.24, 2.45) is 52.3 Å². The van der Waals surface area contributed by atoms with Gasteiger partial charge >= 0.3 is 0 Å². The van der Waals surface area contributed by atoms with Crippen LogP contribution in [0.2, 0.25) is 0 Å². The smallest absolute Gasteiger partial charge is 0.191 e. The maximum atomic E-state index is 10.3. The lowest BCUT2D eigenvalue weighted by Crippen LogP contribution is -2.54. The lowest BCUT2D eigenvalue weighted by Gasteiger charge is -2.61. The molecule has 4 aliphatic carbocycles. The van der Waals surface area contributed by atoms with Crippen LogP contribution >= 0.6 is 0 Å². The Hall–Kier alpha value is -0.380. The Labute approximate surface area is 183 Å². The van der Waals surface area contributed by atoms with E-state index in [0.29, 0.717) is 34.7 Å². The van der Waals surface area contributed by atoms with E-state index in [0.717, 1.165) is 43.1 Å². The molecule has 6 rings (SSSR count). The highest BCUT2D eigenvalue weighted by Gasteiger charge is 2.68. The van der Waals surface area contributed by atoms with Crippen LogP contribution in [0.25, 0.3) is 0 Å². The van der Waals surface area contributed by atoms with E-state index in [1.54, 1.807) is 0 Å². The van der Waals surface area contributed by atoms with Gasteiger partial charge in [-0.05, 0) is 104 Å². The number of fused-ring (bicyclic) bond motifs is 7. The van der Waals surface area contributed by atoms with Crippen LogP contribution in [0, 0.1) is 52.3 Å². The Kier molecular flexibility index (Phi) is 4.44. The lowest BCUT2D eigenvalue weighted by molar-refractivity contribution is -0.224. The van der Waals surface area contributed by atoms with Crippen molar-refractivity contribution >= 4 is 0 Å². The zero-order valence-electron chi connectivity index (χ0n) is 19.5. The minimum absolute atomic E-state index is 0.0453. The Bertz CT molecular complexity index is 734. The van der Waals surface area contributed by atoms with Gasteiger partial charge < -0.3 is 14.6 Å². The van der Waals surface area contributed by atoms with Crippen LogP contribution in [0.15, 0.2) is 12.2 Å². The van der Waals surface area contributed by atoms with Crippen LogP contribution in [-0.4, -0.2) is 29.7 Å². The van der Waals surface area contributed by atoms with E-state index >= 15 is 0 Å². The molecule has 3 heteroatoms. The number of rotatable bonds is 0. The highest BCUT2D eigenvalue weighted by molar-refractivity contribution is 5.19. The first-order valence-corrected chi connectivity index (χ1v) is 13.0. The van der Waals surface area contributed by atoms with Gasteiger partial charge in [0, 0.05) is 5.92 Å². The van der Waals surface area contributed by atoms with Crippen molar-refractivity contribution in [2.75, 3.05) is 6.61 Å². The lowest BCUT2D eigenvalue weighted by atomic mass is 9.44. The predicted octanol–water partition coefficient (Wildman–Crippen LogP) is 5.57. The van der Waals surface area contributed by atoms with Crippen LogP contribution in [0.5, 0.6) is 0 Å². The predicted molar refractivity (Wildman–Crippen MR) is 118 cm³/mol. The van der Waals surface area contributed by atoms with Gasteiger partial charge in [-0.25, -0.2) is 0 Å². The van der Waals surface area contributed by atoms with Gasteiger partial charge in [0.25, 0.3) is 0 Å². The molecular formula is C27H42O3. The van der Waals surface area contributed by atoms with Crippen molar-refractivity contribution in [3.8, 4) is 0 Å². The molecule has 1 saturated heterocycles. The second-order valence-corrected chi connectivity index (χ2v) is 12.7. The fraction of sp³-hybridized carbons (Fsp3) is 0.926. The van der Waals surface area contributed by atoms with E-state index in [1.165, 1.54) is 38.5 Å². The summed E-state index contributed by atoms with van der Waals surface area (Å²) in [6.07, 6.45) is 14.9. The van der Waals surface area contributed by atoms with Gasteiger partial charge in [0.15, 0.2) is 5.79 Å². The van der Waals surface area contributed by atoms with Crippen LogP contribution in [0.1, 0.15) is 79.1 Å². The number of aliphatic hydroxyl groups is 1. The van der Waals surface area contributed by atoms with Crippen LogP contribution in [-0.2, 0) is 9.47 Å². The summed E-state index contributed by atoms with van der Waals surface area (Å²) < 4.78 is 13.2. The molecular weight excluding hydrogens is 372 g/mol. The van der Waals surface area contributed by atoms with Gasteiger partial charge in [0.05, 0.1) is 18.8 Å². The molecule has 4 saturated carbocycles. The number of aliphatic hydroxyl groups excluding tert-OH is 1. The Morgan fingerprint density at radius 2 is 1.73 bits per heavy atom. The fourth-order valence-corrected chi connectivity index (χ4v) is 9.89. The Morgan fingerprint density at radius 3 is 2.50 bits per heavy atom. The monoisotopic (exact) mass is 414 g/mol. The minimum atomic E-state index is -0.462. The summed E-state index contributed by atoms with van der Waals surface area (Å²) in [7, 11) is 0. The summed E-state index contributed by atoms with van der Waals surface area (Å²) in [5, 5.41) is 10.3. The average Bonchev–Trinajstić information content (AvgIpc) is 3.16. The Balaban J connectivity index is 1.28. The molecule has 12 atom stereocenters. The molecule has 30 heavy (non-hydrogen) atoms. The normalized spacial score (nSPS) is 62.0. The Morgan fingerprint density at radius 1 is 0.933 bits per heavy atom. The van der Waals surface area contributed by atoms with Gasteiger partial charge in [-0.15, -0.1) is 0 Å². The van der Waals surface area contributed by atoms with Crippen molar-refractivity contribution in [1.82, 2.24) is 0 Å². The second-order valence-electron chi connectivity index (χ2n) is 12.7. The molecule has 0 aromatic rings. The molecule has 0 bridgehead atoms. The molecule has 168 valence electrons. The van der Waals surface area contributed by atoms with Gasteiger partial charge in [-0.1, -0.05) is 33.8 Å². The standard InChI is InChI=1S/C27H42O3/c1-16-7-12-27(29-15-16)17(2)24-23(30-27)14-22-20-6-5-18-13-19(28)8-10-25(18,3)21(20)9-11-26(22,24)4/h7,12,16-24,28H,5-6,8-11,13-15H2,1-4H3/t16-,17-,18+,19-,20+,21-,22-,23-,24-,25-,26-,27+/m0/s1. The maximum Gasteiger partial charge on any atom is 0.191 e. The molecule has 2 aliphatic heterocycles. The van der Waals surface area contributed by atoms with E-state index in [4.69, 9.17) is 9.47 Å². The van der Waals surface area contributed by atoms with Crippen molar-refractivity contribution in [1.29, 1.82) is 0 Å². The highest BCUT2D eigenvalue weighted by atomic mass is 16.7. The summed E-state index contributed by atoms with van der Waals surface area (Å²) in [5.41, 5.74) is 0.854. The van der Waals surface area contributed by atoms with Crippen LogP contribution in [0.4, 0.5) is 0 Å². The molecule has 1 spiro atoms. The number of ether oxygens (including phenoxy) is 2. The zero-order chi connectivity index (χ0) is 20.9. The second kappa shape index (κ2) is 6.58. The van der Waals surface area contributed by atoms with Crippen molar-refractivity contribution in [3.05, 3.63) is 12.2 Å². The topological polar surface area (TPSA) is 38.7 Å². The molecule has 0 aromatic heterocycles. The van der Waals surface area contributed by atoms with Crippen molar-refractivity contribution in [2.45, 2.75) is 97.1 Å². The molecule has 0 radical (unpaired) electrons. The third-order valence-corrected chi connectivity index (χ3v) is 11.5. The van der Waals surface area contributed by atoms with E-state index in [1.807, 2.05) is 0 Å². The van der Waals surface area contributed by atoms with Crippen molar-refractivity contribution < 1.29 is 14.6 Å². The van der Waals surface area contributed by atoms with Gasteiger partial charge in [-0.2, -0.15) is 0 Å². The highest BCUT2D eigenvalue weighted by Crippen LogP contribution is 2.71. The average molecular weight is 415 g/mol. The quantitative estimate of drug-likeness (QED) is 0.527. The van der Waals surface area contributed by atoms with Gasteiger partial charge in [-0.3, -0.25) is 0 Å². The van der Waals surface area contributed by atoms with Crippen molar-refractivity contribution in [3.63, 3.8) is 0 Å². The summed E-state index contributed by atoms with van der Waals surface area (Å²) in [6, 6.07) is 0. The third-order valence-electron chi connectivity index (χ3n) is 11.5. The molecule has 5 fully saturated rings. The molecule has 0 aromatic carbocycles. The van der Waals surface area contributed by atoms with Crippen LogP contribution in [0.3, 0.4) is 0 Å². The molecule has 1 N–H and O–H groups in total. The van der Waals surface area contributed by atoms with Gasteiger partial charge in [0.1, 0.15) is 0 Å². The van der Waals surface area contributed by atoms with E-state index in [9.17, 15) is 5.11 Å². The fourth-order valence-electron chi connectivity index (χ4n) is 9.89. The summed E-state index contributed by atoms with van der Waals surface area (Å²) in [6.45, 7) is 10.6. The first kappa shape index (κ1) is 20.2. The maximum absolute atomic E-state index is 10.3. The molecule has 0 amide bonds. The molecule has 0 unspecified atom stereocenters. The first-order chi connectivity index (χ1) is 14.3. The summed E-state index contributed by atoms with van der Waals surface area (Å²) in [5.74, 6) is 4.37. The molecule has 2 heterocycles. The largest absolute Gasteiger partial charge is 0.393 e. The molecule has 6 aliphatic rings. The zero-order valence-corrected chi connectivity index (χ0v) is 19.5. The third kappa shape index (κ3) is 2.55. The van der Waals surface area contributed by atoms with E-state index in [2.05, 4.69) is 39.8 Å². The van der Waals surface area contributed by atoms with E-state index in [-0.39, 0.29) is 6.10 Å². The van der Waals surface area contributed by atoms with Crippen LogP contribution < -0.4 is 0 Å². The van der Waals surface area contributed by atoms with E-state index < -0.39 is 5.79 Å². The first-order valence-electron chi connectivity index (χ1n) is 13.0. The van der Waals surface area contributed by atoms with Gasteiger partial charge in [0.2, 0.25) is 0 Å².